The van der Waals surface area contributed by atoms with Crippen LogP contribution in [0.3, 0.4) is 0 Å². The third kappa shape index (κ3) is 3.56. The van der Waals surface area contributed by atoms with Crippen LogP contribution in [-0.4, -0.2) is 43.2 Å². The minimum atomic E-state index is 0.272. The molecule has 5 nitrogen and oxygen atoms in total. The average molecular weight is 237 g/mol. The number of anilines is 2. The van der Waals surface area contributed by atoms with Crippen LogP contribution in [0.1, 0.15) is 20.3 Å². The van der Waals surface area contributed by atoms with Gasteiger partial charge in [-0.05, 0) is 13.3 Å². The molecule has 1 unspecified atom stereocenters. The van der Waals surface area contributed by atoms with E-state index < -0.39 is 0 Å². The van der Waals surface area contributed by atoms with Crippen LogP contribution >= 0.6 is 0 Å². The number of likely N-dealkylation sites (N-methyl/N-ethyl adjacent to an activating group) is 1. The van der Waals surface area contributed by atoms with Crippen molar-refractivity contribution in [3.8, 4) is 0 Å². The van der Waals surface area contributed by atoms with Crippen LogP contribution in [0.5, 0.6) is 0 Å². The summed E-state index contributed by atoms with van der Waals surface area (Å²) in [5.74, 6) is 1.86. The first-order valence-electron chi connectivity index (χ1n) is 6.06. The third-order valence-electron chi connectivity index (χ3n) is 2.95. The van der Waals surface area contributed by atoms with Crippen molar-refractivity contribution in [2.45, 2.75) is 26.3 Å². The van der Waals surface area contributed by atoms with E-state index in [4.69, 9.17) is 5.73 Å². The van der Waals surface area contributed by atoms with Gasteiger partial charge in [0.05, 0.1) is 0 Å². The molecule has 0 radical (unpaired) electrons. The molecular weight excluding hydrogens is 214 g/mol. The molecule has 0 bridgehead atoms. The standard InChI is InChI=1S/C12H23N5/c1-5-6-16(3)11-7-12(15-9-14-11)17(4)10(2)8-13/h7,9-10H,5-6,8,13H2,1-4H3. The largest absolute Gasteiger partial charge is 0.360 e. The summed E-state index contributed by atoms with van der Waals surface area (Å²) >= 11 is 0. The summed E-state index contributed by atoms with van der Waals surface area (Å²) in [6.07, 6.45) is 2.71. The molecule has 1 aromatic rings. The van der Waals surface area contributed by atoms with Gasteiger partial charge in [-0.25, -0.2) is 9.97 Å². The topological polar surface area (TPSA) is 58.3 Å². The molecule has 0 saturated heterocycles. The molecule has 1 heterocycles. The SMILES string of the molecule is CCCN(C)c1cc(N(C)C(C)CN)ncn1. The molecule has 1 atom stereocenters. The van der Waals surface area contributed by atoms with Gasteiger partial charge in [0.1, 0.15) is 18.0 Å². The summed E-state index contributed by atoms with van der Waals surface area (Å²) < 4.78 is 0. The van der Waals surface area contributed by atoms with Crippen molar-refractivity contribution < 1.29 is 0 Å². The lowest BCUT2D eigenvalue weighted by atomic mass is 10.3. The van der Waals surface area contributed by atoms with Crippen LogP contribution in [0.2, 0.25) is 0 Å². The lowest BCUT2D eigenvalue weighted by molar-refractivity contribution is 0.686. The lowest BCUT2D eigenvalue weighted by Crippen LogP contribution is -2.36. The molecule has 2 N–H and O–H groups in total. The van der Waals surface area contributed by atoms with Gasteiger partial charge >= 0.3 is 0 Å². The van der Waals surface area contributed by atoms with Gasteiger partial charge in [0.2, 0.25) is 0 Å². The molecule has 0 aromatic carbocycles. The van der Waals surface area contributed by atoms with E-state index in [1.807, 2.05) is 20.2 Å². The molecule has 0 aliphatic rings. The van der Waals surface area contributed by atoms with Crippen LogP contribution in [0.25, 0.3) is 0 Å². The number of nitrogens with two attached hydrogens (primary N) is 1. The summed E-state index contributed by atoms with van der Waals surface area (Å²) in [6.45, 7) is 5.84. The Morgan fingerprint density at radius 2 is 1.94 bits per heavy atom. The first-order chi connectivity index (χ1) is 8.10. The van der Waals surface area contributed by atoms with Gasteiger partial charge in [-0.2, -0.15) is 0 Å². The highest BCUT2D eigenvalue weighted by Crippen LogP contribution is 2.17. The van der Waals surface area contributed by atoms with Crippen molar-refractivity contribution in [3.63, 3.8) is 0 Å². The monoisotopic (exact) mass is 237 g/mol. The maximum atomic E-state index is 5.66. The van der Waals surface area contributed by atoms with Crippen molar-refractivity contribution in [2.75, 3.05) is 37.0 Å². The highest BCUT2D eigenvalue weighted by molar-refractivity contribution is 5.49. The predicted octanol–water partition coefficient (Wildman–Crippen LogP) is 1.11. The molecule has 17 heavy (non-hydrogen) atoms. The fourth-order valence-corrected chi connectivity index (χ4v) is 1.57. The van der Waals surface area contributed by atoms with Crippen LogP contribution in [0, 0.1) is 0 Å². The maximum Gasteiger partial charge on any atom is 0.134 e. The highest BCUT2D eigenvalue weighted by atomic mass is 15.2. The molecule has 1 aromatic heterocycles. The maximum absolute atomic E-state index is 5.66. The first kappa shape index (κ1) is 13.7. The molecule has 0 fully saturated rings. The van der Waals surface area contributed by atoms with Crippen molar-refractivity contribution in [2.24, 2.45) is 5.73 Å². The van der Waals surface area contributed by atoms with E-state index in [0.29, 0.717) is 6.54 Å². The van der Waals surface area contributed by atoms with E-state index in [2.05, 4.69) is 33.6 Å². The Morgan fingerprint density at radius 1 is 1.29 bits per heavy atom. The van der Waals surface area contributed by atoms with Crippen LogP contribution in [0.4, 0.5) is 11.6 Å². The summed E-state index contributed by atoms with van der Waals surface area (Å²) in [6, 6.07) is 2.27. The average Bonchev–Trinajstić information content (AvgIpc) is 2.37. The Balaban J connectivity index is 2.85. The van der Waals surface area contributed by atoms with Gasteiger partial charge in [-0.15, -0.1) is 0 Å². The van der Waals surface area contributed by atoms with Crippen molar-refractivity contribution in [1.29, 1.82) is 0 Å². The van der Waals surface area contributed by atoms with Crippen LogP contribution in [0.15, 0.2) is 12.4 Å². The Labute approximate surface area is 104 Å². The number of rotatable bonds is 6. The molecule has 0 spiro atoms. The second-order valence-electron chi connectivity index (χ2n) is 4.35. The Morgan fingerprint density at radius 3 is 2.53 bits per heavy atom. The smallest absolute Gasteiger partial charge is 0.134 e. The van der Waals surface area contributed by atoms with E-state index >= 15 is 0 Å². The van der Waals surface area contributed by atoms with E-state index in [1.165, 1.54) is 0 Å². The van der Waals surface area contributed by atoms with Gasteiger partial charge in [0, 0.05) is 39.3 Å². The number of hydrogen-bond acceptors (Lipinski definition) is 5. The van der Waals surface area contributed by atoms with Gasteiger partial charge in [0.15, 0.2) is 0 Å². The highest BCUT2D eigenvalue weighted by Gasteiger charge is 2.11. The van der Waals surface area contributed by atoms with Gasteiger partial charge in [0.25, 0.3) is 0 Å². The number of nitrogens with zero attached hydrogens (tertiary/aromatic N) is 4. The van der Waals surface area contributed by atoms with Crippen LogP contribution in [-0.2, 0) is 0 Å². The van der Waals surface area contributed by atoms with E-state index in [0.717, 1.165) is 24.6 Å². The molecule has 96 valence electrons. The predicted molar refractivity (Wildman–Crippen MR) is 72.5 cm³/mol. The Bertz CT molecular complexity index is 341. The molecule has 5 heteroatoms. The third-order valence-corrected chi connectivity index (χ3v) is 2.95. The zero-order chi connectivity index (χ0) is 12.8. The summed E-state index contributed by atoms with van der Waals surface area (Å²) in [4.78, 5) is 12.8. The number of hydrogen-bond donors (Lipinski definition) is 1. The first-order valence-corrected chi connectivity index (χ1v) is 6.06. The molecule has 0 saturated carbocycles. The second-order valence-corrected chi connectivity index (χ2v) is 4.35. The molecular formula is C12H23N5. The summed E-state index contributed by atoms with van der Waals surface area (Å²) in [5.41, 5.74) is 5.66. The fraction of sp³-hybridized carbons (Fsp3) is 0.667. The molecule has 0 amide bonds. The molecule has 0 aliphatic heterocycles. The zero-order valence-corrected chi connectivity index (χ0v) is 11.2. The number of aromatic nitrogens is 2. The Hall–Kier alpha value is -1.36. The van der Waals surface area contributed by atoms with E-state index in [9.17, 15) is 0 Å². The minimum Gasteiger partial charge on any atom is -0.360 e. The van der Waals surface area contributed by atoms with Crippen molar-refractivity contribution in [1.82, 2.24) is 9.97 Å². The minimum absolute atomic E-state index is 0.272. The quantitative estimate of drug-likeness (QED) is 0.803. The summed E-state index contributed by atoms with van der Waals surface area (Å²) in [7, 11) is 4.05. The normalized spacial score (nSPS) is 12.3. The van der Waals surface area contributed by atoms with E-state index in [1.54, 1.807) is 6.33 Å². The van der Waals surface area contributed by atoms with Crippen LogP contribution < -0.4 is 15.5 Å². The van der Waals surface area contributed by atoms with Gasteiger partial charge in [-0.1, -0.05) is 6.92 Å². The second kappa shape index (κ2) is 6.39. The summed E-state index contributed by atoms with van der Waals surface area (Å²) in [5, 5.41) is 0. The van der Waals surface area contributed by atoms with Gasteiger partial charge < -0.3 is 15.5 Å². The molecule has 0 aliphatic carbocycles. The zero-order valence-electron chi connectivity index (χ0n) is 11.2. The van der Waals surface area contributed by atoms with Gasteiger partial charge in [-0.3, -0.25) is 0 Å². The van der Waals surface area contributed by atoms with E-state index in [-0.39, 0.29) is 6.04 Å². The fourth-order valence-electron chi connectivity index (χ4n) is 1.57. The van der Waals surface area contributed by atoms with Crippen molar-refractivity contribution >= 4 is 11.6 Å². The van der Waals surface area contributed by atoms with Crippen molar-refractivity contribution in [3.05, 3.63) is 12.4 Å². The Kier molecular flexibility index (Phi) is 5.15. The molecule has 1 rings (SSSR count). The lowest BCUT2D eigenvalue weighted by Gasteiger charge is -2.26.